The molecule has 0 heterocycles. The van der Waals surface area contributed by atoms with Gasteiger partial charge in [-0.15, -0.1) is 11.8 Å². The monoisotopic (exact) mass is 223 g/mol. The molecular weight excluding hydrogens is 206 g/mol. The Morgan fingerprint density at radius 2 is 2.00 bits per heavy atom. The van der Waals surface area contributed by atoms with Gasteiger partial charge in [-0.25, -0.2) is 0 Å². The molecule has 0 aromatic heterocycles. The molecule has 0 radical (unpaired) electrons. The maximum absolute atomic E-state index is 10.5. The summed E-state index contributed by atoms with van der Waals surface area (Å²) in [5, 5.41) is 3.16. The molecule has 0 aliphatic carbocycles. The normalized spacial score (nSPS) is 14.5. The lowest BCUT2D eigenvalue weighted by Crippen LogP contribution is -2.16. The van der Waals surface area contributed by atoms with E-state index in [2.05, 4.69) is 24.2 Å². The Morgan fingerprint density at radius 1 is 1.33 bits per heavy atom. The van der Waals surface area contributed by atoms with Gasteiger partial charge < -0.3 is 0 Å². The first-order valence-electron chi connectivity index (χ1n) is 5.28. The molecule has 1 unspecified atom stereocenters. The SMILES string of the molecule is CC[C@H](N=O)C(C)CSc1ccccc1. The summed E-state index contributed by atoms with van der Waals surface area (Å²) in [4.78, 5) is 11.8. The molecule has 2 nitrogen and oxygen atoms in total. The Morgan fingerprint density at radius 3 is 2.53 bits per heavy atom. The van der Waals surface area contributed by atoms with E-state index < -0.39 is 0 Å². The van der Waals surface area contributed by atoms with E-state index in [9.17, 15) is 4.91 Å². The predicted molar refractivity (Wildman–Crippen MR) is 66.2 cm³/mol. The van der Waals surface area contributed by atoms with Gasteiger partial charge in [-0.3, -0.25) is 0 Å². The zero-order valence-electron chi connectivity index (χ0n) is 9.22. The summed E-state index contributed by atoms with van der Waals surface area (Å²) in [5.41, 5.74) is 0. The fraction of sp³-hybridized carbons (Fsp3) is 0.500. The van der Waals surface area contributed by atoms with Crippen molar-refractivity contribution in [3.8, 4) is 0 Å². The van der Waals surface area contributed by atoms with E-state index in [0.29, 0.717) is 5.92 Å². The maximum atomic E-state index is 10.5. The molecule has 15 heavy (non-hydrogen) atoms. The molecule has 82 valence electrons. The highest BCUT2D eigenvalue weighted by atomic mass is 32.2. The molecule has 0 spiro atoms. The van der Waals surface area contributed by atoms with Crippen LogP contribution in [0.5, 0.6) is 0 Å². The van der Waals surface area contributed by atoms with Crippen molar-refractivity contribution < 1.29 is 0 Å². The molecule has 1 rings (SSSR count). The fourth-order valence-corrected chi connectivity index (χ4v) is 2.46. The first-order valence-corrected chi connectivity index (χ1v) is 6.26. The van der Waals surface area contributed by atoms with E-state index in [1.807, 2.05) is 25.1 Å². The van der Waals surface area contributed by atoms with Crippen molar-refractivity contribution >= 4 is 11.8 Å². The standard InChI is InChI=1S/C12H17NOS/c1-3-12(13-14)10(2)9-15-11-7-5-4-6-8-11/h4-8,10,12H,3,9H2,1-2H3/t10?,12-/m0/s1. The van der Waals surface area contributed by atoms with Crippen molar-refractivity contribution in [3.63, 3.8) is 0 Å². The molecule has 0 amide bonds. The van der Waals surface area contributed by atoms with Gasteiger partial charge in [0.2, 0.25) is 0 Å². The molecule has 3 heteroatoms. The third-order valence-electron chi connectivity index (χ3n) is 2.47. The molecule has 0 saturated heterocycles. The van der Waals surface area contributed by atoms with Crippen LogP contribution >= 0.6 is 11.8 Å². The smallest absolute Gasteiger partial charge is 0.0950 e. The maximum Gasteiger partial charge on any atom is 0.0950 e. The average molecular weight is 223 g/mol. The third-order valence-corrected chi connectivity index (χ3v) is 3.76. The Labute approximate surface area is 95.4 Å². The minimum Gasteiger partial charge on any atom is -0.151 e. The summed E-state index contributed by atoms with van der Waals surface area (Å²) in [7, 11) is 0. The Bertz CT molecular complexity index is 289. The van der Waals surface area contributed by atoms with Crippen molar-refractivity contribution in [1.29, 1.82) is 0 Å². The molecule has 1 aromatic rings. The number of nitrogens with zero attached hydrogens (tertiary/aromatic N) is 1. The van der Waals surface area contributed by atoms with Gasteiger partial charge in [0.1, 0.15) is 0 Å². The average Bonchev–Trinajstić information content (AvgIpc) is 2.29. The highest BCUT2D eigenvalue weighted by molar-refractivity contribution is 7.99. The molecular formula is C12H17NOS. The highest BCUT2D eigenvalue weighted by Gasteiger charge is 2.15. The van der Waals surface area contributed by atoms with Crippen LogP contribution in [0.3, 0.4) is 0 Å². The van der Waals surface area contributed by atoms with E-state index in [1.54, 1.807) is 11.8 Å². The zero-order chi connectivity index (χ0) is 11.1. The molecule has 2 atom stereocenters. The largest absolute Gasteiger partial charge is 0.151 e. The van der Waals surface area contributed by atoms with Crippen LogP contribution in [0.4, 0.5) is 0 Å². The van der Waals surface area contributed by atoms with Gasteiger partial charge in [-0.1, -0.05) is 37.2 Å². The Kier molecular flexibility index (Phi) is 5.40. The minimum atomic E-state index is -0.0405. The van der Waals surface area contributed by atoms with Crippen LogP contribution in [0.1, 0.15) is 20.3 Å². The van der Waals surface area contributed by atoms with Crippen molar-refractivity contribution in [3.05, 3.63) is 35.2 Å². The Hall–Kier alpha value is -0.830. The van der Waals surface area contributed by atoms with Gasteiger partial charge >= 0.3 is 0 Å². The molecule has 0 bridgehead atoms. The van der Waals surface area contributed by atoms with Crippen LogP contribution in [0, 0.1) is 10.8 Å². The number of thioether (sulfide) groups is 1. The number of hydrogen-bond acceptors (Lipinski definition) is 3. The van der Waals surface area contributed by atoms with Crippen LogP contribution in [0.2, 0.25) is 0 Å². The second-order valence-corrected chi connectivity index (χ2v) is 4.78. The first kappa shape index (κ1) is 12.2. The predicted octanol–water partition coefficient (Wildman–Crippen LogP) is 3.96. The lowest BCUT2D eigenvalue weighted by atomic mass is 10.0. The number of nitroso groups, excluding NO2 is 1. The Balaban J connectivity index is 2.40. The topological polar surface area (TPSA) is 29.4 Å². The summed E-state index contributed by atoms with van der Waals surface area (Å²) in [5.74, 6) is 1.30. The molecule has 0 aliphatic rings. The number of rotatable bonds is 6. The van der Waals surface area contributed by atoms with Crippen LogP contribution in [-0.4, -0.2) is 11.8 Å². The first-order chi connectivity index (χ1) is 7.27. The number of hydrogen-bond donors (Lipinski definition) is 0. The van der Waals surface area contributed by atoms with Crippen molar-refractivity contribution in [2.24, 2.45) is 11.1 Å². The minimum absolute atomic E-state index is 0.0405. The molecule has 0 aliphatic heterocycles. The highest BCUT2D eigenvalue weighted by Crippen LogP contribution is 2.23. The van der Waals surface area contributed by atoms with Crippen LogP contribution in [0.25, 0.3) is 0 Å². The third kappa shape index (κ3) is 4.04. The van der Waals surface area contributed by atoms with E-state index in [-0.39, 0.29) is 6.04 Å². The van der Waals surface area contributed by atoms with Gasteiger partial charge in [0.05, 0.1) is 6.04 Å². The summed E-state index contributed by atoms with van der Waals surface area (Å²) >= 11 is 1.79. The van der Waals surface area contributed by atoms with E-state index >= 15 is 0 Å². The van der Waals surface area contributed by atoms with Gasteiger partial charge in [0.15, 0.2) is 0 Å². The van der Waals surface area contributed by atoms with Gasteiger partial charge in [0.25, 0.3) is 0 Å². The van der Waals surface area contributed by atoms with E-state index in [4.69, 9.17) is 0 Å². The summed E-state index contributed by atoms with van der Waals surface area (Å²) in [6, 6.07) is 10.2. The van der Waals surface area contributed by atoms with Crippen molar-refractivity contribution in [1.82, 2.24) is 0 Å². The quantitative estimate of drug-likeness (QED) is 0.539. The van der Waals surface area contributed by atoms with E-state index in [0.717, 1.165) is 12.2 Å². The second kappa shape index (κ2) is 6.62. The van der Waals surface area contributed by atoms with Crippen molar-refractivity contribution in [2.45, 2.75) is 31.2 Å². The molecule has 0 N–H and O–H groups in total. The van der Waals surface area contributed by atoms with Crippen molar-refractivity contribution in [2.75, 3.05) is 5.75 Å². The van der Waals surface area contributed by atoms with Gasteiger partial charge in [-0.05, 0) is 24.5 Å². The number of benzene rings is 1. The van der Waals surface area contributed by atoms with Crippen LogP contribution in [0.15, 0.2) is 40.4 Å². The van der Waals surface area contributed by atoms with Gasteiger partial charge in [0, 0.05) is 10.6 Å². The van der Waals surface area contributed by atoms with Crippen LogP contribution < -0.4 is 0 Å². The molecule has 0 saturated carbocycles. The lowest BCUT2D eigenvalue weighted by Gasteiger charge is -2.14. The molecule has 1 aromatic carbocycles. The summed E-state index contributed by atoms with van der Waals surface area (Å²) in [6.07, 6.45) is 0.833. The molecule has 0 fully saturated rings. The summed E-state index contributed by atoms with van der Waals surface area (Å²) in [6.45, 7) is 4.10. The zero-order valence-corrected chi connectivity index (χ0v) is 10.0. The van der Waals surface area contributed by atoms with Gasteiger partial charge in [-0.2, -0.15) is 4.91 Å². The summed E-state index contributed by atoms with van der Waals surface area (Å²) < 4.78 is 0. The lowest BCUT2D eigenvalue weighted by molar-refractivity contribution is 0.487. The fourth-order valence-electron chi connectivity index (χ4n) is 1.44. The second-order valence-electron chi connectivity index (χ2n) is 3.68. The van der Waals surface area contributed by atoms with Crippen LogP contribution in [-0.2, 0) is 0 Å². The van der Waals surface area contributed by atoms with E-state index in [1.165, 1.54) is 4.90 Å².